The Kier molecular flexibility index (Phi) is 3.31. The molecule has 0 radical (unpaired) electrons. The Morgan fingerprint density at radius 1 is 1.62 bits per heavy atom. The summed E-state index contributed by atoms with van der Waals surface area (Å²) in [6.07, 6.45) is 1.71. The summed E-state index contributed by atoms with van der Waals surface area (Å²) in [4.78, 5) is 11.5. The fraction of sp³-hybridized carbons (Fsp3) is 0.900. The molecule has 1 rings (SSSR count). The minimum absolute atomic E-state index is 0.0955. The average molecular weight is 186 g/mol. The lowest BCUT2D eigenvalue weighted by Crippen LogP contribution is -2.37. The van der Waals surface area contributed by atoms with E-state index in [9.17, 15) is 4.79 Å². The van der Waals surface area contributed by atoms with E-state index in [0.717, 1.165) is 26.1 Å². The monoisotopic (exact) mass is 186 g/mol. The number of carbonyl (C=O) groups is 1. The van der Waals surface area contributed by atoms with Gasteiger partial charge in [-0.15, -0.1) is 0 Å². The van der Waals surface area contributed by atoms with E-state index in [1.54, 1.807) is 0 Å². The maximum absolute atomic E-state index is 11.5. The van der Waals surface area contributed by atoms with Crippen molar-refractivity contribution in [1.29, 1.82) is 0 Å². The molecule has 0 N–H and O–H groups in total. The molecule has 0 aromatic carbocycles. The molecule has 0 aromatic rings. The zero-order valence-corrected chi connectivity index (χ0v) is 8.63. The summed E-state index contributed by atoms with van der Waals surface area (Å²) in [5.74, 6) is 0.450. The third-order valence-corrected chi connectivity index (χ3v) is 2.90. The first-order valence-corrected chi connectivity index (χ1v) is 4.78. The molecule has 3 heteroatoms. The van der Waals surface area contributed by atoms with E-state index in [1.807, 2.05) is 13.8 Å². The van der Waals surface area contributed by atoms with Gasteiger partial charge in [0.15, 0.2) is 0 Å². The molecule has 0 amide bonds. The van der Waals surface area contributed by atoms with Crippen LogP contribution >= 0.6 is 0 Å². The maximum Gasteiger partial charge on any atom is 0.311 e. The number of hydrogen-bond acceptors (Lipinski definition) is 3. The van der Waals surface area contributed by atoms with Gasteiger partial charge in [-0.1, -0.05) is 6.92 Å². The van der Waals surface area contributed by atoms with E-state index in [-0.39, 0.29) is 11.4 Å². The second-order valence-electron chi connectivity index (χ2n) is 4.01. The molecule has 0 aromatic heterocycles. The Balaban J connectivity index is 2.51. The van der Waals surface area contributed by atoms with E-state index in [0.29, 0.717) is 5.92 Å². The zero-order valence-electron chi connectivity index (χ0n) is 8.63. The Morgan fingerprint density at radius 2 is 2.23 bits per heavy atom. The van der Waals surface area contributed by atoms with Gasteiger partial charge < -0.3 is 9.47 Å². The van der Waals surface area contributed by atoms with Crippen LogP contribution in [0.25, 0.3) is 0 Å². The number of rotatable bonds is 4. The van der Waals surface area contributed by atoms with Gasteiger partial charge in [-0.2, -0.15) is 0 Å². The van der Waals surface area contributed by atoms with Crippen molar-refractivity contribution in [2.75, 3.05) is 20.3 Å². The van der Waals surface area contributed by atoms with E-state index >= 15 is 0 Å². The van der Waals surface area contributed by atoms with Crippen molar-refractivity contribution < 1.29 is 14.3 Å². The van der Waals surface area contributed by atoms with Crippen LogP contribution in [0.1, 0.15) is 26.7 Å². The molecular weight excluding hydrogens is 168 g/mol. The van der Waals surface area contributed by atoms with Crippen LogP contribution < -0.4 is 0 Å². The molecule has 3 nitrogen and oxygen atoms in total. The average Bonchev–Trinajstić information content (AvgIpc) is 2.09. The van der Waals surface area contributed by atoms with Crippen molar-refractivity contribution in [3.8, 4) is 0 Å². The lowest BCUT2D eigenvalue weighted by molar-refractivity contribution is -0.155. The highest BCUT2D eigenvalue weighted by Gasteiger charge is 2.37. The SMILES string of the molecule is CCC(C)(CC1COC1)C(=O)OC. The summed E-state index contributed by atoms with van der Waals surface area (Å²) < 4.78 is 9.88. The summed E-state index contributed by atoms with van der Waals surface area (Å²) in [6.45, 7) is 5.59. The van der Waals surface area contributed by atoms with Gasteiger partial charge in [0.2, 0.25) is 0 Å². The van der Waals surface area contributed by atoms with Crippen molar-refractivity contribution in [2.45, 2.75) is 26.7 Å². The van der Waals surface area contributed by atoms with Crippen molar-refractivity contribution in [3.05, 3.63) is 0 Å². The van der Waals surface area contributed by atoms with Crippen molar-refractivity contribution in [1.82, 2.24) is 0 Å². The molecule has 0 aliphatic carbocycles. The normalized spacial score (nSPS) is 21.8. The molecule has 0 bridgehead atoms. The van der Waals surface area contributed by atoms with Gasteiger partial charge in [-0.05, 0) is 19.8 Å². The van der Waals surface area contributed by atoms with Crippen LogP contribution in [0, 0.1) is 11.3 Å². The lowest BCUT2D eigenvalue weighted by atomic mass is 9.78. The number of esters is 1. The smallest absolute Gasteiger partial charge is 0.311 e. The van der Waals surface area contributed by atoms with Crippen LogP contribution in [0.3, 0.4) is 0 Å². The first-order chi connectivity index (χ1) is 6.12. The van der Waals surface area contributed by atoms with Gasteiger partial charge in [-0.25, -0.2) is 0 Å². The summed E-state index contributed by atoms with van der Waals surface area (Å²) in [6, 6.07) is 0. The molecule has 1 saturated heterocycles. The minimum atomic E-state index is -0.316. The molecule has 1 aliphatic rings. The van der Waals surface area contributed by atoms with Gasteiger partial charge in [0.1, 0.15) is 0 Å². The first kappa shape index (κ1) is 10.5. The van der Waals surface area contributed by atoms with Crippen LogP contribution in [0.4, 0.5) is 0 Å². The fourth-order valence-electron chi connectivity index (χ4n) is 1.66. The Morgan fingerprint density at radius 3 is 2.54 bits per heavy atom. The van der Waals surface area contributed by atoms with Crippen LogP contribution in [-0.2, 0) is 14.3 Å². The molecule has 76 valence electrons. The predicted octanol–water partition coefficient (Wildman–Crippen LogP) is 1.61. The number of methoxy groups -OCH3 is 1. The highest BCUT2D eigenvalue weighted by molar-refractivity contribution is 5.76. The summed E-state index contributed by atoms with van der Waals surface area (Å²) in [5, 5.41) is 0. The molecule has 1 aliphatic heterocycles. The largest absolute Gasteiger partial charge is 0.469 e. The van der Waals surface area contributed by atoms with Gasteiger partial charge >= 0.3 is 5.97 Å². The lowest BCUT2D eigenvalue weighted by Gasteiger charge is -2.34. The number of ether oxygens (including phenoxy) is 2. The van der Waals surface area contributed by atoms with Crippen molar-refractivity contribution in [3.63, 3.8) is 0 Å². The second kappa shape index (κ2) is 4.09. The van der Waals surface area contributed by atoms with Crippen LogP contribution in [-0.4, -0.2) is 26.3 Å². The topological polar surface area (TPSA) is 35.5 Å². The summed E-state index contributed by atoms with van der Waals surface area (Å²) in [5.41, 5.74) is -0.316. The van der Waals surface area contributed by atoms with Gasteiger partial charge in [0.25, 0.3) is 0 Å². The van der Waals surface area contributed by atoms with Gasteiger partial charge in [-0.3, -0.25) is 4.79 Å². The van der Waals surface area contributed by atoms with Crippen molar-refractivity contribution in [2.24, 2.45) is 11.3 Å². The quantitative estimate of drug-likeness (QED) is 0.626. The molecule has 1 fully saturated rings. The van der Waals surface area contributed by atoms with E-state index in [4.69, 9.17) is 9.47 Å². The summed E-state index contributed by atoms with van der Waals surface area (Å²) >= 11 is 0. The Bertz CT molecular complexity index is 187. The van der Waals surface area contributed by atoms with Gasteiger partial charge in [0, 0.05) is 5.92 Å². The molecule has 1 heterocycles. The molecule has 0 spiro atoms. The number of hydrogen-bond donors (Lipinski definition) is 0. The third-order valence-electron chi connectivity index (χ3n) is 2.90. The van der Waals surface area contributed by atoms with E-state index in [2.05, 4.69) is 0 Å². The summed E-state index contributed by atoms with van der Waals surface area (Å²) in [7, 11) is 1.45. The zero-order chi connectivity index (χ0) is 9.90. The first-order valence-electron chi connectivity index (χ1n) is 4.78. The Hall–Kier alpha value is -0.570. The van der Waals surface area contributed by atoms with E-state index in [1.165, 1.54) is 7.11 Å². The fourth-order valence-corrected chi connectivity index (χ4v) is 1.66. The predicted molar refractivity (Wildman–Crippen MR) is 49.3 cm³/mol. The highest BCUT2D eigenvalue weighted by Crippen LogP contribution is 2.33. The molecule has 1 atom stereocenters. The van der Waals surface area contributed by atoms with Gasteiger partial charge in [0.05, 0.1) is 25.7 Å². The van der Waals surface area contributed by atoms with E-state index < -0.39 is 0 Å². The van der Waals surface area contributed by atoms with Crippen LogP contribution in [0.5, 0.6) is 0 Å². The van der Waals surface area contributed by atoms with Crippen LogP contribution in [0.2, 0.25) is 0 Å². The number of carbonyl (C=O) groups excluding carboxylic acids is 1. The molecule has 1 unspecified atom stereocenters. The van der Waals surface area contributed by atoms with Crippen molar-refractivity contribution >= 4 is 5.97 Å². The minimum Gasteiger partial charge on any atom is -0.469 e. The highest BCUT2D eigenvalue weighted by atomic mass is 16.5. The second-order valence-corrected chi connectivity index (χ2v) is 4.01. The maximum atomic E-state index is 11.5. The standard InChI is InChI=1S/C10H18O3/c1-4-10(2,9(11)12-3)5-8-6-13-7-8/h8H,4-7H2,1-3H3. The Labute approximate surface area is 79.4 Å². The van der Waals surface area contributed by atoms with Crippen LogP contribution in [0.15, 0.2) is 0 Å². The molecule has 0 saturated carbocycles. The third kappa shape index (κ3) is 2.21. The molecular formula is C10H18O3. The molecule has 13 heavy (non-hydrogen) atoms.